The van der Waals surface area contributed by atoms with E-state index in [1.54, 1.807) is 39.0 Å². The van der Waals surface area contributed by atoms with Gasteiger partial charge in [0.05, 0.1) is 16.1 Å². The molecule has 1 heterocycles. The molecule has 1 aromatic heterocycles. The topological polar surface area (TPSA) is 101 Å². The summed E-state index contributed by atoms with van der Waals surface area (Å²) in [7, 11) is -4.00. The maximum Gasteiger partial charge on any atom is 0.336 e. The number of aryl methyl sites for hydroxylation is 1. The van der Waals surface area contributed by atoms with Crippen molar-refractivity contribution in [2.75, 3.05) is 10.8 Å². The van der Waals surface area contributed by atoms with Crippen LogP contribution in [-0.4, -0.2) is 31.0 Å². The molecule has 32 heavy (non-hydrogen) atoms. The molecule has 3 aromatic carbocycles. The standard InChI is InChI=1S/C24H22N2O5S/c1-4-26(32(29,30)19-12-15(2)16(3)20(14-19)24(27)28)18-10-11-22-21(13-18)25-23(31-22)17-8-6-5-7-9-17/h5-14H,4H2,1-3H3,(H,27,28). The highest BCUT2D eigenvalue weighted by Crippen LogP contribution is 2.31. The number of nitrogens with zero attached hydrogens (tertiary/aromatic N) is 2. The molecule has 0 saturated carbocycles. The first kappa shape index (κ1) is 21.6. The number of oxazole rings is 1. The summed E-state index contributed by atoms with van der Waals surface area (Å²) in [6, 6.07) is 17.1. The van der Waals surface area contributed by atoms with Gasteiger partial charge < -0.3 is 9.52 Å². The van der Waals surface area contributed by atoms with Gasteiger partial charge in [-0.1, -0.05) is 18.2 Å². The molecular formula is C24H22N2O5S. The Morgan fingerprint density at radius 3 is 2.44 bits per heavy atom. The van der Waals surface area contributed by atoms with E-state index in [1.165, 1.54) is 16.4 Å². The van der Waals surface area contributed by atoms with Crippen LogP contribution in [-0.2, 0) is 10.0 Å². The van der Waals surface area contributed by atoms with Gasteiger partial charge in [0, 0.05) is 12.1 Å². The Bertz CT molecular complexity index is 1430. The first-order chi connectivity index (χ1) is 15.2. The third-order valence-corrected chi connectivity index (χ3v) is 7.31. The Labute approximate surface area is 186 Å². The number of hydrogen-bond acceptors (Lipinski definition) is 5. The summed E-state index contributed by atoms with van der Waals surface area (Å²) < 4.78 is 34.0. The normalized spacial score (nSPS) is 11.6. The second-order valence-electron chi connectivity index (χ2n) is 7.42. The summed E-state index contributed by atoms with van der Waals surface area (Å²) in [6.45, 7) is 5.24. The van der Waals surface area contributed by atoms with Gasteiger partial charge in [0.25, 0.3) is 10.0 Å². The average Bonchev–Trinajstić information content (AvgIpc) is 3.19. The summed E-state index contributed by atoms with van der Waals surface area (Å²) in [5.41, 5.74) is 3.42. The van der Waals surface area contributed by atoms with Crippen LogP contribution in [0.2, 0.25) is 0 Å². The number of aromatic nitrogens is 1. The van der Waals surface area contributed by atoms with Crippen LogP contribution in [0.5, 0.6) is 0 Å². The molecule has 0 aliphatic rings. The van der Waals surface area contributed by atoms with Crippen molar-refractivity contribution in [3.05, 3.63) is 77.4 Å². The summed E-state index contributed by atoms with van der Waals surface area (Å²) in [5, 5.41) is 9.48. The molecular weight excluding hydrogens is 428 g/mol. The van der Waals surface area contributed by atoms with Crippen molar-refractivity contribution in [3.8, 4) is 11.5 Å². The van der Waals surface area contributed by atoms with Gasteiger partial charge >= 0.3 is 5.97 Å². The average molecular weight is 451 g/mol. The second-order valence-corrected chi connectivity index (χ2v) is 9.29. The quantitative estimate of drug-likeness (QED) is 0.442. The van der Waals surface area contributed by atoms with Crippen LogP contribution >= 0.6 is 0 Å². The van der Waals surface area contributed by atoms with Crippen molar-refractivity contribution in [2.45, 2.75) is 25.7 Å². The third kappa shape index (κ3) is 3.73. The van der Waals surface area contributed by atoms with E-state index in [9.17, 15) is 18.3 Å². The minimum Gasteiger partial charge on any atom is -0.478 e. The second kappa shape index (κ2) is 8.12. The number of fused-ring (bicyclic) bond motifs is 1. The predicted octanol–water partition coefficient (Wildman–Crippen LogP) is 5.03. The van der Waals surface area contributed by atoms with Crippen LogP contribution in [0.3, 0.4) is 0 Å². The van der Waals surface area contributed by atoms with Crippen LogP contribution in [0.15, 0.2) is 70.0 Å². The van der Waals surface area contributed by atoms with E-state index in [0.717, 1.165) is 5.56 Å². The fourth-order valence-corrected chi connectivity index (χ4v) is 5.17. The molecule has 0 fully saturated rings. The highest BCUT2D eigenvalue weighted by molar-refractivity contribution is 7.92. The Morgan fingerprint density at radius 1 is 1.06 bits per heavy atom. The fraction of sp³-hybridized carbons (Fsp3) is 0.167. The van der Waals surface area contributed by atoms with E-state index >= 15 is 0 Å². The summed E-state index contributed by atoms with van der Waals surface area (Å²) in [4.78, 5) is 16.0. The molecule has 0 saturated heterocycles. The number of carboxylic acids is 1. The summed E-state index contributed by atoms with van der Waals surface area (Å²) in [5.74, 6) is -0.716. The van der Waals surface area contributed by atoms with E-state index < -0.39 is 16.0 Å². The molecule has 7 nitrogen and oxygen atoms in total. The molecule has 0 radical (unpaired) electrons. The number of benzene rings is 3. The van der Waals surface area contributed by atoms with E-state index in [0.29, 0.717) is 33.8 Å². The van der Waals surface area contributed by atoms with Crippen molar-refractivity contribution in [2.24, 2.45) is 0 Å². The SMILES string of the molecule is CCN(c1ccc2oc(-c3ccccc3)nc2c1)S(=O)(=O)c1cc(C)c(C)c(C(=O)O)c1. The zero-order valence-corrected chi connectivity index (χ0v) is 18.7. The van der Waals surface area contributed by atoms with Gasteiger partial charge in [-0.15, -0.1) is 0 Å². The fourth-order valence-electron chi connectivity index (χ4n) is 3.59. The first-order valence-corrected chi connectivity index (χ1v) is 11.5. The minimum absolute atomic E-state index is 0.0286. The van der Waals surface area contributed by atoms with Crippen LogP contribution < -0.4 is 4.31 Å². The van der Waals surface area contributed by atoms with Gasteiger partial charge in [-0.05, 0) is 74.4 Å². The smallest absolute Gasteiger partial charge is 0.336 e. The van der Waals surface area contributed by atoms with Crippen molar-refractivity contribution < 1.29 is 22.7 Å². The van der Waals surface area contributed by atoms with Crippen LogP contribution in [0.1, 0.15) is 28.4 Å². The van der Waals surface area contributed by atoms with Gasteiger partial charge in [-0.2, -0.15) is 0 Å². The van der Waals surface area contributed by atoms with Gasteiger partial charge in [0.2, 0.25) is 5.89 Å². The van der Waals surface area contributed by atoms with Crippen LogP contribution in [0, 0.1) is 13.8 Å². The lowest BCUT2D eigenvalue weighted by molar-refractivity contribution is 0.0695. The zero-order chi connectivity index (χ0) is 23.0. The van der Waals surface area contributed by atoms with E-state index in [2.05, 4.69) is 4.98 Å². The molecule has 0 bridgehead atoms. The van der Waals surface area contributed by atoms with Gasteiger partial charge in [0.15, 0.2) is 5.58 Å². The predicted molar refractivity (Wildman–Crippen MR) is 123 cm³/mol. The highest BCUT2D eigenvalue weighted by Gasteiger charge is 2.26. The van der Waals surface area contributed by atoms with Gasteiger partial charge in [0.1, 0.15) is 5.52 Å². The van der Waals surface area contributed by atoms with E-state index in [1.807, 2.05) is 30.3 Å². The number of carbonyl (C=O) groups is 1. The Kier molecular flexibility index (Phi) is 5.48. The summed E-state index contributed by atoms with van der Waals surface area (Å²) in [6.07, 6.45) is 0. The molecule has 164 valence electrons. The summed E-state index contributed by atoms with van der Waals surface area (Å²) >= 11 is 0. The molecule has 1 N–H and O–H groups in total. The molecule has 4 rings (SSSR count). The Morgan fingerprint density at radius 2 is 1.78 bits per heavy atom. The molecule has 0 aliphatic carbocycles. The molecule has 4 aromatic rings. The van der Waals surface area contributed by atoms with Crippen molar-refractivity contribution in [3.63, 3.8) is 0 Å². The number of aromatic carboxylic acids is 1. The number of carboxylic acid groups (broad SMARTS) is 1. The minimum atomic E-state index is -4.00. The number of sulfonamides is 1. The zero-order valence-electron chi connectivity index (χ0n) is 17.9. The first-order valence-electron chi connectivity index (χ1n) is 10.1. The molecule has 0 spiro atoms. The lowest BCUT2D eigenvalue weighted by atomic mass is 10.0. The van der Waals surface area contributed by atoms with E-state index in [-0.39, 0.29) is 17.0 Å². The monoisotopic (exact) mass is 450 g/mol. The van der Waals surface area contributed by atoms with E-state index in [4.69, 9.17) is 4.42 Å². The number of hydrogen-bond donors (Lipinski definition) is 1. The molecule has 0 amide bonds. The maximum absolute atomic E-state index is 13.5. The number of rotatable bonds is 6. The maximum atomic E-state index is 13.5. The Hall–Kier alpha value is -3.65. The van der Waals surface area contributed by atoms with Gasteiger partial charge in [-0.3, -0.25) is 4.31 Å². The Balaban J connectivity index is 1.78. The van der Waals surface area contributed by atoms with Crippen molar-refractivity contribution in [1.29, 1.82) is 0 Å². The highest BCUT2D eigenvalue weighted by atomic mass is 32.2. The third-order valence-electron chi connectivity index (χ3n) is 5.43. The van der Waals surface area contributed by atoms with Crippen molar-refractivity contribution >= 4 is 32.8 Å². The molecule has 8 heteroatoms. The van der Waals surface area contributed by atoms with Crippen molar-refractivity contribution in [1.82, 2.24) is 4.98 Å². The van der Waals surface area contributed by atoms with Gasteiger partial charge in [-0.25, -0.2) is 18.2 Å². The van der Waals surface area contributed by atoms with Crippen LogP contribution in [0.4, 0.5) is 5.69 Å². The van der Waals surface area contributed by atoms with Crippen LogP contribution in [0.25, 0.3) is 22.6 Å². The largest absolute Gasteiger partial charge is 0.478 e. The molecule has 0 aliphatic heterocycles. The lowest BCUT2D eigenvalue weighted by Gasteiger charge is -2.23. The molecule has 0 atom stereocenters. The molecule has 0 unspecified atom stereocenters. The number of anilines is 1. The lowest BCUT2D eigenvalue weighted by Crippen LogP contribution is -2.31.